The molecule has 9 rings (SSSR count). The van der Waals surface area contributed by atoms with Crippen molar-refractivity contribution in [2.45, 2.75) is 19.3 Å². The van der Waals surface area contributed by atoms with Crippen LogP contribution in [0.15, 0.2) is 127 Å². The fraction of sp³-hybridized carbons (Fsp3) is 0.0769. The van der Waals surface area contributed by atoms with E-state index in [0.29, 0.717) is 0 Å². The molecule has 1 aliphatic rings. The van der Waals surface area contributed by atoms with Gasteiger partial charge in [0.2, 0.25) is 0 Å². The van der Waals surface area contributed by atoms with Crippen molar-refractivity contribution in [2.75, 3.05) is 0 Å². The smallest absolute Gasteiger partial charge is 0.0723 e. The van der Waals surface area contributed by atoms with Crippen molar-refractivity contribution in [3.05, 3.63) is 139 Å². The van der Waals surface area contributed by atoms with Crippen molar-refractivity contribution in [1.82, 2.24) is 4.57 Å². The summed E-state index contributed by atoms with van der Waals surface area (Å²) in [6.07, 6.45) is 0. The summed E-state index contributed by atoms with van der Waals surface area (Å²) in [5, 5.41) is 5.47. The molecule has 0 saturated heterocycles. The Morgan fingerprint density at radius 1 is 0.585 bits per heavy atom. The molecule has 194 valence electrons. The van der Waals surface area contributed by atoms with Gasteiger partial charge in [0.1, 0.15) is 0 Å². The number of benzene rings is 6. The molecule has 0 radical (unpaired) electrons. The predicted molar refractivity (Wildman–Crippen MR) is 177 cm³/mol. The second kappa shape index (κ2) is 8.19. The van der Waals surface area contributed by atoms with Gasteiger partial charge in [0, 0.05) is 37.3 Å². The van der Waals surface area contributed by atoms with Crippen molar-refractivity contribution < 1.29 is 0 Å². The van der Waals surface area contributed by atoms with Crippen LogP contribution in [-0.4, -0.2) is 4.57 Å². The van der Waals surface area contributed by atoms with Crippen LogP contribution in [0.5, 0.6) is 0 Å². The Morgan fingerprint density at radius 3 is 2.07 bits per heavy atom. The van der Waals surface area contributed by atoms with Crippen molar-refractivity contribution in [3.8, 4) is 27.9 Å². The van der Waals surface area contributed by atoms with Crippen molar-refractivity contribution >= 4 is 53.3 Å². The highest BCUT2D eigenvalue weighted by Crippen LogP contribution is 2.58. The summed E-state index contributed by atoms with van der Waals surface area (Å²) < 4.78 is 5.24. The van der Waals surface area contributed by atoms with Crippen LogP contribution >= 0.6 is 11.3 Å². The molecule has 0 spiro atoms. The minimum absolute atomic E-state index is 0.118. The normalized spacial score (nSPS) is 13.8. The van der Waals surface area contributed by atoms with Crippen LogP contribution in [0.4, 0.5) is 0 Å². The van der Waals surface area contributed by atoms with Gasteiger partial charge in [-0.15, -0.1) is 11.3 Å². The third kappa shape index (κ3) is 3.00. The fourth-order valence-electron chi connectivity index (χ4n) is 7.40. The van der Waals surface area contributed by atoms with Gasteiger partial charge in [-0.25, -0.2) is 0 Å². The summed E-state index contributed by atoms with van der Waals surface area (Å²) in [7, 11) is 0. The molecule has 8 aromatic rings. The summed E-state index contributed by atoms with van der Waals surface area (Å²) in [6, 6.07) is 46.8. The Bertz CT molecular complexity index is 2310. The topological polar surface area (TPSA) is 4.93 Å². The van der Waals surface area contributed by atoms with E-state index in [0.717, 1.165) is 0 Å². The Morgan fingerprint density at radius 2 is 1.24 bits per heavy atom. The van der Waals surface area contributed by atoms with E-state index in [1.165, 1.54) is 81.0 Å². The van der Waals surface area contributed by atoms with E-state index >= 15 is 0 Å². The van der Waals surface area contributed by atoms with Crippen LogP contribution in [-0.2, 0) is 5.41 Å². The predicted octanol–water partition coefficient (Wildman–Crippen LogP) is 11.1. The zero-order chi connectivity index (χ0) is 27.3. The lowest BCUT2D eigenvalue weighted by molar-refractivity contribution is 0.667. The molecule has 2 heterocycles. The van der Waals surface area contributed by atoms with E-state index in [4.69, 9.17) is 0 Å². The van der Waals surface area contributed by atoms with Gasteiger partial charge in [-0.05, 0) is 57.6 Å². The van der Waals surface area contributed by atoms with Gasteiger partial charge >= 0.3 is 0 Å². The van der Waals surface area contributed by atoms with Gasteiger partial charge in [0.15, 0.2) is 0 Å². The van der Waals surface area contributed by atoms with Gasteiger partial charge in [-0.1, -0.05) is 117 Å². The van der Waals surface area contributed by atoms with Crippen molar-refractivity contribution in [3.63, 3.8) is 0 Å². The van der Waals surface area contributed by atoms with Crippen molar-refractivity contribution in [1.29, 1.82) is 0 Å². The van der Waals surface area contributed by atoms with Gasteiger partial charge in [0.25, 0.3) is 0 Å². The monoisotopic (exact) mass is 541 g/mol. The second-order valence-corrected chi connectivity index (χ2v) is 12.8. The minimum atomic E-state index is -0.118. The minimum Gasteiger partial charge on any atom is -0.308 e. The zero-order valence-electron chi connectivity index (χ0n) is 23.0. The summed E-state index contributed by atoms with van der Waals surface area (Å²) in [5.41, 5.74) is 11.8. The van der Waals surface area contributed by atoms with Gasteiger partial charge in [0.05, 0.1) is 15.7 Å². The molecule has 1 aliphatic carbocycles. The van der Waals surface area contributed by atoms with Gasteiger partial charge in [-0.3, -0.25) is 0 Å². The highest BCUT2D eigenvalue weighted by atomic mass is 32.1. The number of para-hydroxylation sites is 1. The van der Waals surface area contributed by atoms with Crippen LogP contribution < -0.4 is 0 Å². The average Bonchev–Trinajstić information content (AvgIpc) is 3.64. The van der Waals surface area contributed by atoms with E-state index in [-0.39, 0.29) is 5.41 Å². The summed E-state index contributed by atoms with van der Waals surface area (Å²) in [6.45, 7) is 4.83. The number of hydrogen-bond acceptors (Lipinski definition) is 1. The zero-order valence-corrected chi connectivity index (χ0v) is 23.8. The Kier molecular flexibility index (Phi) is 4.61. The molecular formula is C39H27NS. The molecule has 6 aromatic carbocycles. The molecule has 0 fully saturated rings. The van der Waals surface area contributed by atoms with E-state index < -0.39 is 0 Å². The first kappa shape index (κ1) is 23.1. The molecule has 0 amide bonds. The van der Waals surface area contributed by atoms with E-state index in [1.807, 2.05) is 11.3 Å². The number of fused-ring (bicyclic) bond motifs is 12. The lowest BCUT2D eigenvalue weighted by Gasteiger charge is -2.23. The van der Waals surface area contributed by atoms with Crippen LogP contribution in [0.25, 0.3) is 69.9 Å². The standard InChI is InChI=1S/C39H27NS/c1-39(2)30-17-9-6-14-27(30)33-34-29-16-8-11-19-32(29)41-38(34)37-35(36(33)39)28-15-7-10-18-31(28)40(37)26-22-20-25(21-23-26)24-12-4-3-5-13-24/h3-23H,1-2H3. The first-order valence-electron chi connectivity index (χ1n) is 14.3. The number of thiophene rings is 1. The Balaban J connectivity index is 1.49. The van der Waals surface area contributed by atoms with Crippen LogP contribution in [0.1, 0.15) is 25.0 Å². The lowest BCUT2D eigenvalue weighted by atomic mass is 9.80. The number of rotatable bonds is 2. The molecule has 0 saturated carbocycles. The van der Waals surface area contributed by atoms with E-state index in [1.54, 1.807) is 0 Å². The van der Waals surface area contributed by atoms with E-state index in [2.05, 4.69) is 146 Å². The number of nitrogens with zero attached hydrogens (tertiary/aromatic N) is 1. The molecule has 0 N–H and O–H groups in total. The summed E-state index contributed by atoms with van der Waals surface area (Å²) in [4.78, 5) is 0. The quantitative estimate of drug-likeness (QED) is 0.205. The van der Waals surface area contributed by atoms with Crippen LogP contribution in [0, 0.1) is 0 Å². The van der Waals surface area contributed by atoms with Crippen LogP contribution in [0.3, 0.4) is 0 Å². The Hall–Kier alpha value is -4.66. The molecule has 0 aliphatic heterocycles. The highest BCUT2D eigenvalue weighted by Gasteiger charge is 2.40. The highest BCUT2D eigenvalue weighted by molar-refractivity contribution is 7.26. The third-order valence-corrected chi connectivity index (χ3v) is 10.3. The number of hydrogen-bond donors (Lipinski definition) is 0. The third-order valence-electron chi connectivity index (χ3n) is 9.16. The Labute approximate surface area is 242 Å². The first-order valence-corrected chi connectivity index (χ1v) is 15.1. The van der Waals surface area contributed by atoms with Crippen molar-refractivity contribution in [2.24, 2.45) is 0 Å². The van der Waals surface area contributed by atoms with E-state index in [9.17, 15) is 0 Å². The molecule has 2 aromatic heterocycles. The molecule has 41 heavy (non-hydrogen) atoms. The number of aromatic nitrogens is 1. The largest absolute Gasteiger partial charge is 0.308 e. The average molecular weight is 542 g/mol. The lowest BCUT2D eigenvalue weighted by Crippen LogP contribution is -2.15. The maximum Gasteiger partial charge on any atom is 0.0723 e. The van der Waals surface area contributed by atoms with Gasteiger partial charge < -0.3 is 4.57 Å². The molecule has 0 bridgehead atoms. The summed E-state index contributed by atoms with van der Waals surface area (Å²) in [5.74, 6) is 0. The van der Waals surface area contributed by atoms with Gasteiger partial charge in [-0.2, -0.15) is 0 Å². The SMILES string of the molecule is CC1(C)c2ccccc2-c2c1c1c3ccccc3n(-c3ccc(-c4ccccc4)cc3)c1c1sc3ccccc3c21. The van der Waals surface area contributed by atoms with Crippen LogP contribution in [0.2, 0.25) is 0 Å². The summed E-state index contributed by atoms with van der Waals surface area (Å²) >= 11 is 1.94. The second-order valence-electron chi connectivity index (χ2n) is 11.7. The molecule has 2 heteroatoms. The molecule has 0 unspecified atom stereocenters. The fourth-order valence-corrected chi connectivity index (χ4v) is 8.65. The molecule has 0 atom stereocenters. The first-order chi connectivity index (χ1) is 20.1. The maximum atomic E-state index is 2.52. The maximum absolute atomic E-state index is 2.52. The molecule has 1 nitrogen and oxygen atoms in total. The molecular weight excluding hydrogens is 515 g/mol.